The Morgan fingerprint density at radius 1 is 1.40 bits per heavy atom. The number of benzene rings is 1. The number of ether oxygens (including phenoxy) is 1. The van der Waals surface area contributed by atoms with Gasteiger partial charge in [0, 0.05) is 14.2 Å². The number of amides is 1. The van der Waals surface area contributed by atoms with E-state index in [1.165, 1.54) is 24.1 Å². The van der Waals surface area contributed by atoms with Crippen molar-refractivity contribution in [2.75, 3.05) is 20.8 Å². The van der Waals surface area contributed by atoms with Crippen LogP contribution in [0.4, 0.5) is 4.39 Å². The number of halogens is 1. The minimum absolute atomic E-state index is 0.165. The van der Waals surface area contributed by atoms with E-state index in [4.69, 9.17) is 9.84 Å². The third-order valence-corrected chi connectivity index (χ3v) is 3.16. The molecule has 5 nitrogen and oxygen atoms in total. The summed E-state index contributed by atoms with van der Waals surface area (Å²) >= 11 is 0. The maximum atomic E-state index is 13.9. The van der Waals surface area contributed by atoms with Gasteiger partial charge in [0.25, 0.3) is 5.91 Å². The van der Waals surface area contributed by atoms with Crippen molar-refractivity contribution in [1.82, 2.24) is 4.90 Å². The largest absolute Gasteiger partial charge is 0.478 e. The lowest BCUT2D eigenvalue weighted by atomic mass is 10.0. The molecule has 0 fully saturated rings. The molecule has 0 spiro atoms. The summed E-state index contributed by atoms with van der Waals surface area (Å²) in [4.78, 5) is 24.4. The second-order valence-corrected chi connectivity index (χ2v) is 5.11. The zero-order valence-corrected chi connectivity index (χ0v) is 11.9. The van der Waals surface area contributed by atoms with Gasteiger partial charge in [-0.25, -0.2) is 9.18 Å². The molecule has 1 amide bonds. The SMILES string of the molecule is COCC(C)(C)N(C)C(=O)c1ccc(C(=O)O)cc1F. The van der Waals surface area contributed by atoms with Crippen molar-refractivity contribution in [2.24, 2.45) is 0 Å². The second kappa shape index (κ2) is 6.00. The van der Waals surface area contributed by atoms with Crippen molar-refractivity contribution in [3.05, 3.63) is 35.1 Å². The average molecular weight is 283 g/mol. The summed E-state index contributed by atoms with van der Waals surface area (Å²) in [6, 6.07) is 3.23. The van der Waals surface area contributed by atoms with Gasteiger partial charge in [-0.2, -0.15) is 0 Å². The number of likely N-dealkylation sites (N-methyl/N-ethyl adjacent to an activating group) is 1. The van der Waals surface area contributed by atoms with E-state index in [-0.39, 0.29) is 11.1 Å². The van der Waals surface area contributed by atoms with Crippen molar-refractivity contribution in [3.8, 4) is 0 Å². The first-order valence-corrected chi connectivity index (χ1v) is 6.00. The number of hydrogen-bond donors (Lipinski definition) is 1. The molecule has 6 heteroatoms. The van der Waals surface area contributed by atoms with Gasteiger partial charge in [0.2, 0.25) is 0 Å². The molecule has 1 aromatic rings. The lowest BCUT2D eigenvalue weighted by Gasteiger charge is -2.35. The van der Waals surface area contributed by atoms with Crippen LogP contribution in [0.5, 0.6) is 0 Å². The molecule has 0 heterocycles. The highest BCUT2D eigenvalue weighted by atomic mass is 19.1. The normalized spacial score (nSPS) is 11.2. The van der Waals surface area contributed by atoms with Gasteiger partial charge in [0.15, 0.2) is 0 Å². The fourth-order valence-corrected chi connectivity index (χ4v) is 1.73. The summed E-state index contributed by atoms with van der Waals surface area (Å²) in [5.41, 5.74) is -0.969. The molecule has 0 unspecified atom stereocenters. The molecule has 0 bridgehead atoms. The molecule has 0 saturated carbocycles. The van der Waals surface area contributed by atoms with Gasteiger partial charge in [-0.1, -0.05) is 0 Å². The number of nitrogens with zero attached hydrogens (tertiary/aromatic N) is 1. The quantitative estimate of drug-likeness (QED) is 0.897. The highest BCUT2D eigenvalue weighted by Crippen LogP contribution is 2.19. The van der Waals surface area contributed by atoms with Crippen LogP contribution in [0.25, 0.3) is 0 Å². The molecule has 1 N–H and O–H groups in total. The second-order valence-electron chi connectivity index (χ2n) is 5.11. The van der Waals surface area contributed by atoms with Gasteiger partial charge in [-0.15, -0.1) is 0 Å². The summed E-state index contributed by atoms with van der Waals surface area (Å²) in [5.74, 6) is -2.62. The molecule has 0 aliphatic carbocycles. The Morgan fingerprint density at radius 2 is 2.00 bits per heavy atom. The van der Waals surface area contributed by atoms with Crippen molar-refractivity contribution < 1.29 is 23.8 Å². The zero-order valence-electron chi connectivity index (χ0n) is 11.9. The molecule has 0 aromatic heterocycles. The lowest BCUT2D eigenvalue weighted by molar-refractivity contribution is 0.0362. The molecule has 0 saturated heterocycles. The predicted molar refractivity (Wildman–Crippen MR) is 71.4 cm³/mol. The minimum atomic E-state index is -1.24. The van der Waals surface area contributed by atoms with Crippen LogP contribution in [0.2, 0.25) is 0 Å². The van der Waals surface area contributed by atoms with Crippen LogP contribution in [-0.2, 0) is 4.74 Å². The van der Waals surface area contributed by atoms with Crippen molar-refractivity contribution >= 4 is 11.9 Å². The van der Waals surface area contributed by atoms with Crippen molar-refractivity contribution in [1.29, 1.82) is 0 Å². The zero-order chi connectivity index (χ0) is 15.5. The van der Waals surface area contributed by atoms with E-state index in [9.17, 15) is 14.0 Å². The average Bonchev–Trinajstić information content (AvgIpc) is 2.36. The third-order valence-electron chi connectivity index (χ3n) is 3.16. The highest BCUT2D eigenvalue weighted by molar-refractivity contribution is 5.96. The summed E-state index contributed by atoms with van der Waals surface area (Å²) in [6.45, 7) is 3.87. The summed E-state index contributed by atoms with van der Waals surface area (Å²) < 4.78 is 18.9. The molecule has 0 aliphatic heterocycles. The number of rotatable bonds is 5. The van der Waals surface area contributed by atoms with Gasteiger partial charge in [0.05, 0.1) is 23.3 Å². The van der Waals surface area contributed by atoms with Crippen LogP contribution in [0.1, 0.15) is 34.6 Å². The predicted octanol–water partition coefficient (Wildman–Crippen LogP) is 2.02. The molecule has 0 atom stereocenters. The van der Waals surface area contributed by atoms with Gasteiger partial charge in [0.1, 0.15) is 5.82 Å². The molecule has 1 aromatic carbocycles. The Balaban J connectivity index is 3.06. The van der Waals surface area contributed by atoms with E-state index in [1.54, 1.807) is 20.9 Å². The standard InChI is InChI=1S/C14H18FNO4/c1-14(2,8-20-4)16(3)12(17)10-6-5-9(13(18)19)7-11(10)15/h5-7H,8H2,1-4H3,(H,18,19). The fraction of sp³-hybridized carbons (Fsp3) is 0.429. The summed E-state index contributed by atoms with van der Waals surface area (Å²) in [6.07, 6.45) is 0. The van der Waals surface area contributed by atoms with E-state index in [0.717, 1.165) is 6.07 Å². The topological polar surface area (TPSA) is 66.8 Å². The lowest BCUT2D eigenvalue weighted by Crippen LogP contribution is -2.48. The van der Waals surface area contributed by atoms with Crippen LogP contribution in [0.15, 0.2) is 18.2 Å². The number of methoxy groups -OCH3 is 1. The van der Waals surface area contributed by atoms with Crippen LogP contribution in [0, 0.1) is 5.82 Å². The number of carbonyl (C=O) groups excluding carboxylic acids is 1. The maximum Gasteiger partial charge on any atom is 0.335 e. The Labute approximate surface area is 117 Å². The number of carboxylic acids is 1. The van der Waals surface area contributed by atoms with Gasteiger partial charge >= 0.3 is 5.97 Å². The maximum absolute atomic E-state index is 13.9. The summed E-state index contributed by atoms with van der Waals surface area (Å²) in [7, 11) is 3.06. The Kier molecular flexibility index (Phi) is 4.83. The molecule has 0 radical (unpaired) electrons. The van der Waals surface area contributed by atoms with E-state index < -0.39 is 23.2 Å². The smallest absolute Gasteiger partial charge is 0.335 e. The molecule has 20 heavy (non-hydrogen) atoms. The first-order valence-electron chi connectivity index (χ1n) is 6.00. The monoisotopic (exact) mass is 283 g/mol. The summed E-state index contributed by atoms with van der Waals surface area (Å²) in [5, 5.41) is 8.77. The Morgan fingerprint density at radius 3 is 2.45 bits per heavy atom. The van der Waals surface area contributed by atoms with Gasteiger partial charge in [-0.05, 0) is 32.0 Å². The third kappa shape index (κ3) is 3.33. The molecular weight excluding hydrogens is 265 g/mol. The first-order chi connectivity index (χ1) is 9.20. The molecule has 0 aliphatic rings. The number of carboxylic acid groups (broad SMARTS) is 1. The highest BCUT2D eigenvalue weighted by Gasteiger charge is 2.29. The molecule has 110 valence electrons. The first kappa shape index (κ1) is 16.1. The fourth-order valence-electron chi connectivity index (χ4n) is 1.73. The van der Waals surface area contributed by atoms with Crippen LogP contribution < -0.4 is 0 Å². The minimum Gasteiger partial charge on any atom is -0.478 e. The number of aromatic carboxylic acids is 1. The number of carbonyl (C=O) groups is 2. The van der Waals surface area contributed by atoms with Gasteiger partial charge < -0.3 is 14.7 Å². The van der Waals surface area contributed by atoms with Crippen molar-refractivity contribution in [3.63, 3.8) is 0 Å². The number of hydrogen-bond acceptors (Lipinski definition) is 3. The van der Waals surface area contributed by atoms with E-state index in [2.05, 4.69) is 0 Å². The van der Waals surface area contributed by atoms with Crippen LogP contribution >= 0.6 is 0 Å². The van der Waals surface area contributed by atoms with Crippen LogP contribution in [0.3, 0.4) is 0 Å². The Hall–Kier alpha value is -1.95. The van der Waals surface area contributed by atoms with Crippen LogP contribution in [-0.4, -0.2) is 48.2 Å². The molecular formula is C14H18FNO4. The Bertz CT molecular complexity index is 528. The van der Waals surface area contributed by atoms with E-state index in [1.807, 2.05) is 0 Å². The van der Waals surface area contributed by atoms with E-state index in [0.29, 0.717) is 6.61 Å². The van der Waals surface area contributed by atoms with Crippen molar-refractivity contribution in [2.45, 2.75) is 19.4 Å². The van der Waals surface area contributed by atoms with Gasteiger partial charge in [-0.3, -0.25) is 4.79 Å². The van der Waals surface area contributed by atoms with E-state index >= 15 is 0 Å². The molecule has 1 rings (SSSR count).